The van der Waals surface area contributed by atoms with Crippen molar-refractivity contribution in [2.75, 3.05) is 7.05 Å². The van der Waals surface area contributed by atoms with E-state index in [1.807, 2.05) is 19.2 Å². The highest BCUT2D eigenvalue weighted by Gasteiger charge is 2.39. The Kier molecular flexibility index (Phi) is 3.24. The van der Waals surface area contributed by atoms with Gasteiger partial charge in [0, 0.05) is 6.04 Å². The van der Waals surface area contributed by atoms with Crippen molar-refractivity contribution in [1.29, 1.82) is 0 Å². The summed E-state index contributed by atoms with van der Waals surface area (Å²) in [5.74, 6) is 1.56. The number of hydrogen-bond donors (Lipinski definition) is 1. The van der Waals surface area contributed by atoms with Crippen LogP contribution in [0.15, 0.2) is 18.2 Å². The van der Waals surface area contributed by atoms with Crippen molar-refractivity contribution in [2.45, 2.75) is 19.4 Å². The van der Waals surface area contributed by atoms with E-state index in [0.29, 0.717) is 16.1 Å². The number of halogens is 2. The molecule has 0 aliphatic heterocycles. The highest BCUT2D eigenvalue weighted by molar-refractivity contribution is 6.42. The smallest absolute Gasteiger partial charge is 0.0595 e. The Balaban J connectivity index is 2.23. The second kappa shape index (κ2) is 4.32. The predicted octanol–water partition coefficient (Wildman–Crippen LogP) is 3.91. The van der Waals surface area contributed by atoms with Crippen LogP contribution in [0.2, 0.25) is 10.0 Å². The van der Waals surface area contributed by atoms with Gasteiger partial charge >= 0.3 is 0 Å². The Morgan fingerprint density at radius 3 is 2.47 bits per heavy atom. The topological polar surface area (TPSA) is 12.0 Å². The Morgan fingerprint density at radius 2 is 2.00 bits per heavy atom. The van der Waals surface area contributed by atoms with Crippen LogP contribution in [-0.4, -0.2) is 7.05 Å². The first-order chi connectivity index (χ1) is 7.13. The Hall–Kier alpha value is -0.240. The lowest BCUT2D eigenvalue weighted by atomic mass is 10.0. The highest BCUT2D eigenvalue weighted by atomic mass is 35.5. The minimum atomic E-state index is 0.412. The molecule has 3 atom stereocenters. The van der Waals surface area contributed by atoms with Gasteiger partial charge in [0.2, 0.25) is 0 Å². The van der Waals surface area contributed by atoms with E-state index in [-0.39, 0.29) is 0 Å². The molecule has 0 bridgehead atoms. The molecule has 1 aliphatic rings. The minimum absolute atomic E-state index is 0.412. The fraction of sp³-hybridized carbons (Fsp3) is 0.500. The van der Waals surface area contributed by atoms with Gasteiger partial charge in [-0.05, 0) is 43.0 Å². The van der Waals surface area contributed by atoms with E-state index in [9.17, 15) is 0 Å². The third-order valence-electron chi connectivity index (χ3n) is 3.21. The van der Waals surface area contributed by atoms with Crippen LogP contribution in [0.4, 0.5) is 0 Å². The number of hydrogen-bond acceptors (Lipinski definition) is 1. The normalized spacial score (nSPS) is 26.4. The summed E-state index contributed by atoms with van der Waals surface area (Å²) in [5.41, 5.74) is 1.24. The molecule has 1 nitrogen and oxygen atoms in total. The summed E-state index contributed by atoms with van der Waals surface area (Å²) in [6, 6.07) is 6.31. The Labute approximate surface area is 101 Å². The highest BCUT2D eigenvalue weighted by Crippen LogP contribution is 2.47. The first-order valence-electron chi connectivity index (χ1n) is 5.25. The largest absolute Gasteiger partial charge is 0.313 e. The van der Waals surface area contributed by atoms with Crippen LogP contribution < -0.4 is 5.32 Å². The standard InChI is InChI=1S/C12H15Cl2N/c1-7-5-9(7)12(15-2)8-3-4-10(13)11(14)6-8/h3-4,6-7,9,12,15H,5H2,1-2H3. The molecule has 1 fully saturated rings. The van der Waals surface area contributed by atoms with E-state index in [1.54, 1.807) is 0 Å². The second-order valence-corrected chi connectivity index (χ2v) is 5.13. The van der Waals surface area contributed by atoms with Gasteiger partial charge < -0.3 is 5.32 Å². The molecule has 0 saturated heterocycles. The zero-order chi connectivity index (χ0) is 11.0. The van der Waals surface area contributed by atoms with Gasteiger partial charge in [0.15, 0.2) is 0 Å². The molecular weight excluding hydrogens is 229 g/mol. The van der Waals surface area contributed by atoms with Crippen molar-refractivity contribution in [3.05, 3.63) is 33.8 Å². The van der Waals surface area contributed by atoms with Gasteiger partial charge in [-0.15, -0.1) is 0 Å². The number of nitrogens with one attached hydrogen (secondary N) is 1. The molecule has 1 N–H and O–H groups in total. The molecule has 0 heterocycles. The van der Waals surface area contributed by atoms with Gasteiger partial charge in [0.05, 0.1) is 10.0 Å². The van der Waals surface area contributed by atoms with Crippen LogP contribution in [0.1, 0.15) is 24.9 Å². The SMILES string of the molecule is CNC(c1ccc(Cl)c(Cl)c1)C1CC1C. The maximum atomic E-state index is 6.02. The second-order valence-electron chi connectivity index (χ2n) is 4.32. The average molecular weight is 244 g/mol. The predicted molar refractivity (Wildman–Crippen MR) is 65.5 cm³/mol. The van der Waals surface area contributed by atoms with Gasteiger partial charge in [-0.25, -0.2) is 0 Å². The zero-order valence-corrected chi connectivity index (χ0v) is 10.4. The van der Waals surface area contributed by atoms with Gasteiger partial charge in [0.25, 0.3) is 0 Å². The zero-order valence-electron chi connectivity index (χ0n) is 8.93. The molecule has 3 unspecified atom stereocenters. The third kappa shape index (κ3) is 2.30. The summed E-state index contributed by atoms with van der Waals surface area (Å²) in [6.45, 7) is 2.28. The number of rotatable bonds is 3. The fourth-order valence-corrected chi connectivity index (χ4v) is 2.46. The van der Waals surface area contributed by atoms with Gasteiger partial charge in [-0.1, -0.05) is 36.2 Å². The van der Waals surface area contributed by atoms with Crippen LogP contribution in [0.5, 0.6) is 0 Å². The summed E-state index contributed by atoms with van der Waals surface area (Å²) in [5, 5.41) is 4.62. The lowest BCUT2D eigenvalue weighted by Gasteiger charge is -2.17. The molecule has 1 aromatic carbocycles. The number of benzene rings is 1. The van der Waals surface area contributed by atoms with Gasteiger partial charge in [-0.3, -0.25) is 0 Å². The molecule has 0 spiro atoms. The van der Waals surface area contributed by atoms with Crippen LogP contribution in [0, 0.1) is 11.8 Å². The molecule has 3 heteroatoms. The summed E-state index contributed by atoms with van der Waals surface area (Å²) in [4.78, 5) is 0. The molecule has 1 aliphatic carbocycles. The molecule has 0 aromatic heterocycles. The molecular formula is C12H15Cl2N. The molecule has 1 saturated carbocycles. The van der Waals surface area contributed by atoms with Crippen LogP contribution in [-0.2, 0) is 0 Å². The van der Waals surface area contributed by atoms with Crippen LogP contribution in [0.3, 0.4) is 0 Å². The van der Waals surface area contributed by atoms with E-state index < -0.39 is 0 Å². The third-order valence-corrected chi connectivity index (χ3v) is 3.95. The van der Waals surface area contributed by atoms with E-state index in [4.69, 9.17) is 23.2 Å². The fourth-order valence-electron chi connectivity index (χ4n) is 2.15. The monoisotopic (exact) mass is 243 g/mol. The first kappa shape index (κ1) is 11.3. The van der Waals surface area contributed by atoms with E-state index >= 15 is 0 Å². The van der Waals surface area contributed by atoms with Crippen LogP contribution >= 0.6 is 23.2 Å². The van der Waals surface area contributed by atoms with Gasteiger partial charge in [0.1, 0.15) is 0 Å². The summed E-state index contributed by atoms with van der Waals surface area (Å²) in [7, 11) is 2.00. The van der Waals surface area contributed by atoms with Crippen molar-refractivity contribution < 1.29 is 0 Å². The van der Waals surface area contributed by atoms with Crippen molar-refractivity contribution in [3.63, 3.8) is 0 Å². The first-order valence-corrected chi connectivity index (χ1v) is 6.01. The van der Waals surface area contributed by atoms with Crippen LogP contribution in [0.25, 0.3) is 0 Å². The lowest BCUT2D eigenvalue weighted by molar-refractivity contribution is 0.504. The van der Waals surface area contributed by atoms with Crippen molar-refractivity contribution >= 4 is 23.2 Å². The Bertz CT molecular complexity index is 365. The average Bonchev–Trinajstić information content (AvgIpc) is 2.90. The summed E-state index contributed by atoms with van der Waals surface area (Å²) < 4.78 is 0. The molecule has 0 radical (unpaired) electrons. The maximum Gasteiger partial charge on any atom is 0.0595 e. The van der Waals surface area contributed by atoms with Crippen molar-refractivity contribution in [2.24, 2.45) is 11.8 Å². The van der Waals surface area contributed by atoms with Gasteiger partial charge in [-0.2, -0.15) is 0 Å². The molecule has 15 heavy (non-hydrogen) atoms. The quantitative estimate of drug-likeness (QED) is 0.849. The summed E-state index contributed by atoms with van der Waals surface area (Å²) >= 11 is 11.9. The van der Waals surface area contributed by atoms with E-state index in [1.165, 1.54) is 12.0 Å². The molecule has 0 amide bonds. The van der Waals surface area contributed by atoms with Crippen molar-refractivity contribution in [1.82, 2.24) is 5.32 Å². The molecule has 2 rings (SSSR count). The molecule has 1 aromatic rings. The Morgan fingerprint density at radius 1 is 1.33 bits per heavy atom. The maximum absolute atomic E-state index is 6.02. The minimum Gasteiger partial charge on any atom is -0.313 e. The van der Waals surface area contributed by atoms with E-state index in [2.05, 4.69) is 18.3 Å². The summed E-state index contributed by atoms with van der Waals surface area (Å²) in [6.07, 6.45) is 1.30. The van der Waals surface area contributed by atoms with E-state index in [0.717, 1.165) is 11.8 Å². The molecule has 82 valence electrons. The lowest BCUT2D eigenvalue weighted by Crippen LogP contribution is -2.18. The van der Waals surface area contributed by atoms with Crippen molar-refractivity contribution in [3.8, 4) is 0 Å².